The van der Waals surface area contributed by atoms with Crippen LogP contribution in [0.15, 0.2) is 16.6 Å². The molecule has 0 saturated carbocycles. The van der Waals surface area contributed by atoms with E-state index in [1.54, 1.807) is 12.1 Å². The predicted octanol–water partition coefficient (Wildman–Crippen LogP) is 3.86. The van der Waals surface area contributed by atoms with E-state index in [9.17, 15) is 0 Å². The van der Waals surface area contributed by atoms with Crippen molar-refractivity contribution < 1.29 is 4.74 Å². The molecule has 1 aromatic carbocycles. The topological polar surface area (TPSA) is 35.2 Å². The van der Waals surface area contributed by atoms with E-state index in [4.69, 9.17) is 22.1 Å². The Kier molecular flexibility index (Phi) is 4.55. The van der Waals surface area contributed by atoms with Crippen molar-refractivity contribution in [1.82, 2.24) is 0 Å². The SMILES string of the molecule is CCCCOc1c(N)cc(Br)cc1Cl. The van der Waals surface area contributed by atoms with Gasteiger partial charge in [0.25, 0.3) is 0 Å². The minimum Gasteiger partial charge on any atom is -0.490 e. The molecule has 0 atom stereocenters. The molecule has 0 aliphatic heterocycles. The van der Waals surface area contributed by atoms with Crippen molar-refractivity contribution >= 4 is 33.2 Å². The molecule has 0 aliphatic carbocycles. The number of unbranched alkanes of at least 4 members (excludes halogenated alkanes) is 1. The highest BCUT2D eigenvalue weighted by Crippen LogP contribution is 2.34. The number of halogens is 2. The highest BCUT2D eigenvalue weighted by atomic mass is 79.9. The Hall–Kier alpha value is -0.410. The molecule has 4 heteroatoms. The molecule has 0 saturated heterocycles. The summed E-state index contributed by atoms with van der Waals surface area (Å²) in [6.45, 7) is 2.76. The fourth-order valence-corrected chi connectivity index (χ4v) is 1.94. The second-order valence-corrected chi connectivity index (χ2v) is 4.33. The van der Waals surface area contributed by atoms with Gasteiger partial charge in [-0.05, 0) is 18.6 Å². The van der Waals surface area contributed by atoms with Crippen LogP contribution in [0.25, 0.3) is 0 Å². The largest absolute Gasteiger partial charge is 0.490 e. The van der Waals surface area contributed by atoms with Crippen LogP contribution in [0.2, 0.25) is 5.02 Å². The first-order valence-electron chi connectivity index (χ1n) is 4.52. The van der Waals surface area contributed by atoms with Crippen LogP contribution in [0.5, 0.6) is 5.75 Å². The zero-order valence-electron chi connectivity index (χ0n) is 8.02. The first kappa shape index (κ1) is 11.7. The summed E-state index contributed by atoms with van der Waals surface area (Å²) in [5.74, 6) is 0.586. The van der Waals surface area contributed by atoms with Gasteiger partial charge >= 0.3 is 0 Å². The molecule has 0 bridgehead atoms. The third-order valence-electron chi connectivity index (χ3n) is 1.78. The van der Waals surface area contributed by atoms with E-state index in [1.165, 1.54) is 0 Å². The van der Waals surface area contributed by atoms with Crippen molar-refractivity contribution in [2.24, 2.45) is 0 Å². The van der Waals surface area contributed by atoms with Crippen molar-refractivity contribution in [2.75, 3.05) is 12.3 Å². The van der Waals surface area contributed by atoms with Gasteiger partial charge in [-0.15, -0.1) is 0 Å². The van der Waals surface area contributed by atoms with Crippen LogP contribution in [0, 0.1) is 0 Å². The van der Waals surface area contributed by atoms with Crippen molar-refractivity contribution in [3.05, 3.63) is 21.6 Å². The average Bonchev–Trinajstić information content (AvgIpc) is 2.09. The summed E-state index contributed by atoms with van der Waals surface area (Å²) in [4.78, 5) is 0. The molecule has 0 aromatic heterocycles. The van der Waals surface area contributed by atoms with E-state index < -0.39 is 0 Å². The molecule has 14 heavy (non-hydrogen) atoms. The Morgan fingerprint density at radius 3 is 2.79 bits per heavy atom. The van der Waals surface area contributed by atoms with Crippen molar-refractivity contribution in [2.45, 2.75) is 19.8 Å². The van der Waals surface area contributed by atoms with Gasteiger partial charge in [-0.25, -0.2) is 0 Å². The van der Waals surface area contributed by atoms with Crippen LogP contribution < -0.4 is 10.5 Å². The monoisotopic (exact) mass is 277 g/mol. The molecule has 0 aliphatic rings. The van der Waals surface area contributed by atoms with Gasteiger partial charge in [0, 0.05) is 4.47 Å². The fraction of sp³-hybridized carbons (Fsp3) is 0.400. The summed E-state index contributed by atoms with van der Waals surface area (Å²) in [5, 5.41) is 0.549. The van der Waals surface area contributed by atoms with Gasteiger partial charge in [0.05, 0.1) is 17.3 Å². The maximum Gasteiger partial charge on any atom is 0.160 e. The number of nitrogen functional groups attached to an aromatic ring is 1. The first-order chi connectivity index (χ1) is 6.65. The van der Waals surface area contributed by atoms with Gasteiger partial charge in [-0.1, -0.05) is 40.9 Å². The standard InChI is InChI=1S/C10H13BrClNO/c1-2-3-4-14-10-8(12)5-7(11)6-9(10)13/h5-6H,2-4,13H2,1H3. The van der Waals surface area contributed by atoms with Crippen molar-refractivity contribution in [3.63, 3.8) is 0 Å². The van der Waals surface area contributed by atoms with Crippen LogP contribution in [0.4, 0.5) is 5.69 Å². The lowest BCUT2D eigenvalue weighted by Gasteiger charge is -2.10. The van der Waals surface area contributed by atoms with Gasteiger partial charge in [0.2, 0.25) is 0 Å². The number of benzene rings is 1. The van der Waals surface area contributed by atoms with Crippen LogP contribution >= 0.6 is 27.5 Å². The Bertz CT molecular complexity index is 294. The lowest BCUT2D eigenvalue weighted by atomic mass is 10.3. The smallest absolute Gasteiger partial charge is 0.160 e. The van der Waals surface area contributed by atoms with E-state index in [0.717, 1.165) is 17.3 Å². The molecule has 2 N–H and O–H groups in total. The maximum absolute atomic E-state index is 5.98. The molecular weight excluding hydrogens is 265 g/mol. The summed E-state index contributed by atoms with van der Waals surface area (Å²) in [7, 11) is 0. The number of hydrogen-bond donors (Lipinski definition) is 1. The molecule has 0 unspecified atom stereocenters. The maximum atomic E-state index is 5.98. The van der Waals surface area contributed by atoms with Gasteiger partial charge in [0.15, 0.2) is 5.75 Å². The molecule has 0 amide bonds. The zero-order valence-corrected chi connectivity index (χ0v) is 10.4. The van der Waals surface area contributed by atoms with E-state index in [-0.39, 0.29) is 0 Å². The van der Waals surface area contributed by atoms with Crippen LogP contribution in [-0.2, 0) is 0 Å². The second-order valence-electron chi connectivity index (χ2n) is 3.01. The van der Waals surface area contributed by atoms with Gasteiger partial charge in [-0.2, -0.15) is 0 Å². The van der Waals surface area contributed by atoms with Crippen LogP contribution in [0.3, 0.4) is 0 Å². The summed E-state index contributed by atoms with van der Waals surface area (Å²) >= 11 is 9.29. The van der Waals surface area contributed by atoms with Crippen LogP contribution in [0.1, 0.15) is 19.8 Å². The van der Waals surface area contributed by atoms with Gasteiger partial charge < -0.3 is 10.5 Å². The molecule has 0 radical (unpaired) electrons. The van der Waals surface area contributed by atoms with E-state index in [2.05, 4.69) is 22.9 Å². The third kappa shape index (κ3) is 3.07. The minimum absolute atomic E-state index is 0.549. The fourth-order valence-electron chi connectivity index (χ4n) is 1.05. The zero-order chi connectivity index (χ0) is 10.6. The van der Waals surface area contributed by atoms with Gasteiger partial charge in [-0.3, -0.25) is 0 Å². The first-order valence-corrected chi connectivity index (χ1v) is 5.69. The minimum atomic E-state index is 0.549. The number of anilines is 1. The summed E-state index contributed by atoms with van der Waals surface area (Å²) < 4.78 is 6.35. The summed E-state index contributed by atoms with van der Waals surface area (Å²) in [6.07, 6.45) is 2.10. The third-order valence-corrected chi connectivity index (χ3v) is 2.52. The molecule has 2 nitrogen and oxygen atoms in total. The Morgan fingerprint density at radius 2 is 2.21 bits per heavy atom. The summed E-state index contributed by atoms with van der Waals surface area (Å²) in [6, 6.07) is 3.56. The molecule has 0 spiro atoms. The predicted molar refractivity (Wildman–Crippen MR) is 64.0 cm³/mol. The quantitative estimate of drug-likeness (QED) is 0.670. The lowest BCUT2D eigenvalue weighted by molar-refractivity contribution is 0.311. The molecule has 0 heterocycles. The number of nitrogens with two attached hydrogens (primary N) is 1. The average molecular weight is 279 g/mol. The molecule has 1 aromatic rings. The van der Waals surface area contributed by atoms with Crippen molar-refractivity contribution in [1.29, 1.82) is 0 Å². The second kappa shape index (κ2) is 5.47. The Balaban J connectivity index is 2.75. The molecule has 1 rings (SSSR count). The number of hydrogen-bond acceptors (Lipinski definition) is 2. The van der Waals surface area contributed by atoms with Crippen LogP contribution in [-0.4, -0.2) is 6.61 Å². The van der Waals surface area contributed by atoms with E-state index >= 15 is 0 Å². The van der Waals surface area contributed by atoms with Gasteiger partial charge in [0.1, 0.15) is 0 Å². The number of rotatable bonds is 4. The molecule has 0 fully saturated rings. The highest BCUT2D eigenvalue weighted by molar-refractivity contribution is 9.10. The van der Waals surface area contributed by atoms with Crippen molar-refractivity contribution in [3.8, 4) is 5.75 Å². The molecular formula is C10H13BrClNO. The Labute approximate surface area is 97.5 Å². The Morgan fingerprint density at radius 1 is 1.50 bits per heavy atom. The molecule has 78 valence electrons. The lowest BCUT2D eigenvalue weighted by Crippen LogP contribution is -2.00. The normalized spacial score (nSPS) is 10.2. The number of ether oxygens (including phenoxy) is 1. The summed E-state index contributed by atoms with van der Waals surface area (Å²) in [5.41, 5.74) is 6.33. The highest BCUT2D eigenvalue weighted by Gasteiger charge is 2.07. The van der Waals surface area contributed by atoms with E-state index in [0.29, 0.717) is 23.1 Å². The van der Waals surface area contributed by atoms with E-state index in [1.807, 2.05) is 0 Å².